The van der Waals surface area contributed by atoms with E-state index >= 15 is 0 Å². The molecule has 0 unspecified atom stereocenters. The zero-order valence-corrected chi connectivity index (χ0v) is 27.6. The molecule has 0 aliphatic heterocycles. The molecule has 54 heavy (non-hydrogen) atoms. The second-order valence-corrected chi connectivity index (χ2v) is 11.8. The van der Waals surface area contributed by atoms with E-state index in [0.29, 0.717) is 16.2 Å². The van der Waals surface area contributed by atoms with Crippen LogP contribution in [0.4, 0.5) is 17.1 Å². The van der Waals surface area contributed by atoms with E-state index in [1.54, 1.807) is 36.4 Å². The van der Waals surface area contributed by atoms with Crippen molar-refractivity contribution < 1.29 is 38.7 Å². The van der Waals surface area contributed by atoms with Gasteiger partial charge < -0.3 is 9.32 Å². The lowest BCUT2D eigenvalue weighted by Crippen LogP contribution is -2.10. The Morgan fingerprint density at radius 1 is 0.389 bits per heavy atom. The lowest BCUT2D eigenvalue weighted by molar-refractivity contribution is 0.673. The normalized spacial score (nSPS) is 17.8. The van der Waals surface area contributed by atoms with E-state index in [1.165, 1.54) is 12.1 Å². The molecule has 0 saturated heterocycles. The van der Waals surface area contributed by atoms with Crippen molar-refractivity contribution in [1.82, 2.24) is 0 Å². The molecule has 1 aromatic heterocycles. The van der Waals surface area contributed by atoms with Crippen LogP contribution in [0.5, 0.6) is 0 Å². The monoisotopic (exact) mass is 714 g/mol. The van der Waals surface area contributed by atoms with Gasteiger partial charge in [-0.2, -0.15) is 0 Å². The summed E-state index contributed by atoms with van der Waals surface area (Å²) in [4.78, 5) is 0.977. The minimum absolute atomic E-state index is 0.0743. The first-order valence-electron chi connectivity index (χ1n) is 28.9. The molecule has 2 nitrogen and oxygen atoms in total. The van der Waals surface area contributed by atoms with Gasteiger partial charge in [0.2, 0.25) is 0 Å². The van der Waals surface area contributed by atoms with Crippen LogP contribution in [-0.4, -0.2) is 0 Å². The number of benzene rings is 9. The molecule has 9 aromatic carbocycles. The van der Waals surface area contributed by atoms with Crippen LogP contribution in [-0.2, 0) is 0 Å². The minimum Gasteiger partial charge on any atom is -0.455 e. The Bertz CT molecular complexity index is 4250. The average molecular weight is 715 g/mol. The third-order valence-corrected chi connectivity index (χ3v) is 8.67. The fourth-order valence-electron chi connectivity index (χ4n) is 6.23. The van der Waals surface area contributed by atoms with Crippen LogP contribution in [0.3, 0.4) is 0 Å². The van der Waals surface area contributed by atoms with Gasteiger partial charge in [-0.1, -0.05) is 169 Å². The van der Waals surface area contributed by atoms with Gasteiger partial charge in [-0.25, -0.2) is 0 Å². The first kappa shape index (κ1) is 15.1. The topological polar surface area (TPSA) is 16.4 Å². The Hall–Kier alpha value is -7.16. The van der Waals surface area contributed by atoms with Crippen molar-refractivity contribution in [1.29, 1.82) is 0 Å². The summed E-state index contributed by atoms with van der Waals surface area (Å²) in [6, 6.07) is -4.89. The van der Waals surface area contributed by atoms with Gasteiger partial charge in [-0.15, -0.1) is 0 Å². The number of furan rings is 1. The molecule has 1 heterocycles. The number of fused-ring (bicyclic) bond motifs is 5. The number of hydrogen-bond acceptors (Lipinski definition) is 2. The first-order valence-corrected chi connectivity index (χ1v) is 16.4. The second kappa shape index (κ2) is 13.4. The van der Waals surface area contributed by atoms with Gasteiger partial charge in [-0.3, -0.25) is 0 Å². The van der Waals surface area contributed by atoms with Crippen molar-refractivity contribution in [3.8, 4) is 44.5 Å². The average Bonchev–Trinajstić information content (AvgIpc) is 3.26. The molecular formula is C52H35NO. The van der Waals surface area contributed by atoms with Gasteiger partial charge in [0, 0.05) is 33.6 Å². The van der Waals surface area contributed by atoms with Crippen LogP contribution < -0.4 is 4.90 Å². The summed E-state index contributed by atoms with van der Waals surface area (Å²) in [6.07, 6.45) is 0. The first-order chi connectivity index (χ1) is 37.1. The Labute approximate surface area is 349 Å². The van der Waals surface area contributed by atoms with Gasteiger partial charge in [0.15, 0.2) is 0 Å². The standard InChI is InChI=1S/C52H35NO/c1-4-12-36(13-5-1)39-20-22-43(23-21-39)49-34-46(35-50-51(49)48-33-28-42-18-10-11-19-47(42)52(48)54-50)53(44-29-24-40(25-30-44)37-14-6-2-7-15-37)45-31-26-41(27-32-45)38-16-8-3-9-17-38/h1-35H/i1D,2D,3D,4D,5D,6D,7D,8D,9D,12D,13D,14D,15D,16D,17D,20D,21D,22D,23D,24D,25D,26D,29D,30D,32D. The summed E-state index contributed by atoms with van der Waals surface area (Å²) in [5.41, 5.74) is -5.24. The highest BCUT2D eigenvalue weighted by Gasteiger charge is 2.21. The van der Waals surface area contributed by atoms with E-state index < -0.39 is 196 Å². The maximum Gasteiger partial charge on any atom is 0.143 e. The highest BCUT2D eigenvalue weighted by atomic mass is 16.3. The Morgan fingerprint density at radius 3 is 1.63 bits per heavy atom. The Kier molecular flexibility index (Phi) is 3.75. The molecular weight excluding hydrogens is 655 g/mol. The van der Waals surface area contributed by atoms with Crippen LogP contribution in [0.15, 0.2) is 216 Å². The SMILES string of the molecule is [2H]c1cc(N(c2cc(-c3c([2H])c([2H])c(-c4c([2H])c([2H])c([2H])c([2H])c4[2H])c([2H])c3[2H])c3c(c2)oc2c4ccccc4ccc23)c2c([2H])c([2H])c(-c3c([2H])c([2H])c([2H])c([2H])c3[2H])c([2H])c2[2H])c([2H])cc1-c1c([2H])c([2H])c([2H])c([2H])c1[2H]. The molecule has 0 N–H and O–H groups in total. The van der Waals surface area contributed by atoms with Gasteiger partial charge in [-0.05, 0) is 86.2 Å². The molecule has 254 valence electrons. The molecule has 0 saturated carbocycles. The number of anilines is 3. The Balaban J connectivity index is 1.36. The molecule has 0 aliphatic carbocycles. The fourth-order valence-corrected chi connectivity index (χ4v) is 6.23. The summed E-state index contributed by atoms with van der Waals surface area (Å²) in [7, 11) is 0. The molecule has 0 bridgehead atoms. The van der Waals surface area contributed by atoms with Crippen molar-refractivity contribution in [2.75, 3.05) is 4.90 Å². The second-order valence-electron chi connectivity index (χ2n) is 11.8. The van der Waals surface area contributed by atoms with E-state index in [2.05, 4.69) is 0 Å². The van der Waals surface area contributed by atoms with Crippen molar-refractivity contribution in [3.63, 3.8) is 0 Å². The summed E-state index contributed by atoms with van der Waals surface area (Å²) in [5.74, 6) is 0. The van der Waals surface area contributed by atoms with E-state index in [1.807, 2.05) is 0 Å². The predicted molar refractivity (Wildman–Crippen MR) is 228 cm³/mol. The molecule has 0 aliphatic rings. The van der Waals surface area contributed by atoms with Gasteiger partial charge >= 0.3 is 0 Å². The van der Waals surface area contributed by atoms with Gasteiger partial charge in [0.25, 0.3) is 0 Å². The van der Waals surface area contributed by atoms with Gasteiger partial charge in [0.05, 0.1) is 40.0 Å². The molecule has 0 atom stereocenters. The van der Waals surface area contributed by atoms with Crippen molar-refractivity contribution in [2.24, 2.45) is 0 Å². The lowest BCUT2D eigenvalue weighted by atomic mass is 9.95. The zero-order valence-electron chi connectivity index (χ0n) is 52.6. The largest absolute Gasteiger partial charge is 0.455 e. The zero-order chi connectivity index (χ0) is 57.6. The molecule has 10 rings (SSSR count). The van der Waals surface area contributed by atoms with Crippen LogP contribution >= 0.6 is 0 Å². The molecule has 0 spiro atoms. The van der Waals surface area contributed by atoms with Crippen LogP contribution in [0.2, 0.25) is 0 Å². The quantitative estimate of drug-likeness (QED) is 0.163. The Morgan fingerprint density at radius 2 is 0.963 bits per heavy atom. The third-order valence-electron chi connectivity index (χ3n) is 8.67. The van der Waals surface area contributed by atoms with Crippen molar-refractivity contribution in [3.05, 3.63) is 212 Å². The molecule has 0 amide bonds. The van der Waals surface area contributed by atoms with E-state index in [4.69, 9.17) is 25.0 Å². The number of nitrogens with zero attached hydrogens (tertiary/aromatic N) is 1. The van der Waals surface area contributed by atoms with Crippen LogP contribution in [0.1, 0.15) is 34.3 Å². The van der Waals surface area contributed by atoms with Gasteiger partial charge in [0.1, 0.15) is 11.2 Å². The summed E-state index contributed by atoms with van der Waals surface area (Å²) < 4.78 is 228. The highest BCUT2D eigenvalue weighted by molar-refractivity contribution is 6.20. The van der Waals surface area contributed by atoms with Crippen LogP contribution in [0, 0.1) is 0 Å². The third kappa shape index (κ3) is 5.71. The molecule has 10 aromatic rings. The number of hydrogen-bond donors (Lipinski definition) is 0. The predicted octanol–water partition coefficient (Wildman–Crippen LogP) is 14.9. The summed E-state index contributed by atoms with van der Waals surface area (Å²) in [6.45, 7) is 0. The van der Waals surface area contributed by atoms with E-state index in [-0.39, 0.29) is 33.4 Å². The summed E-state index contributed by atoms with van der Waals surface area (Å²) in [5, 5.41) is 1.78. The van der Waals surface area contributed by atoms with Crippen molar-refractivity contribution in [2.45, 2.75) is 0 Å². The van der Waals surface area contributed by atoms with E-state index in [9.17, 15) is 13.7 Å². The van der Waals surface area contributed by atoms with Crippen molar-refractivity contribution >= 4 is 49.8 Å². The molecule has 0 radical (unpaired) electrons. The number of rotatable bonds is 7. The maximum absolute atomic E-state index is 9.63. The smallest absolute Gasteiger partial charge is 0.143 e. The van der Waals surface area contributed by atoms with E-state index in [0.717, 1.165) is 17.0 Å². The summed E-state index contributed by atoms with van der Waals surface area (Å²) >= 11 is 0. The molecule has 2 heteroatoms. The minimum atomic E-state index is -0.938. The van der Waals surface area contributed by atoms with Crippen LogP contribution in [0.25, 0.3) is 77.2 Å². The molecule has 0 fully saturated rings. The lowest BCUT2D eigenvalue weighted by Gasteiger charge is -2.27. The fraction of sp³-hybridized carbons (Fsp3) is 0. The maximum atomic E-state index is 9.63. The highest BCUT2D eigenvalue weighted by Crippen LogP contribution is 2.45.